The molecule has 5 nitrogen and oxygen atoms in total. The van der Waals surface area contributed by atoms with Gasteiger partial charge in [-0.1, -0.05) is 0 Å². The van der Waals surface area contributed by atoms with Crippen LogP contribution in [0.2, 0.25) is 0 Å². The number of carbonyl (C=O) groups excluding carboxylic acids is 1. The summed E-state index contributed by atoms with van der Waals surface area (Å²) in [7, 11) is 0. The van der Waals surface area contributed by atoms with Gasteiger partial charge in [0.05, 0.1) is 11.6 Å². The first kappa shape index (κ1) is 15.5. The molecule has 0 aliphatic carbocycles. The summed E-state index contributed by atoms with van der Waals surface area (Å²) in [6.07, 6.45) is 3.39. The Labute approximate surface area is 129 Å². The molecule has 3 heterocycles. The number of thiazole rings is 1. The highest BCUT2D eigenvalue weighted by Gasteiger charge is 2.24. The number of halogens is 1. The van der Waals surface area contributed by atoms with E-state index in [0.717, 1.165) is 43.4 Å². The van der Waals surface area contributed by atoms with E-state index in [1.807, 2.05) is 0 Å². The number of rotatable bonds is 5. The summed E-state index contributed by atoms with van der Waals surface area (Å²) >= 11 is 1.72. The molecule has 3 rings (SSSR count). The lowest BCUT2D eigenvalue weighted by Gasteiger charge is -2.25. The van der Waals surface area contributed by atoms with Crippen LogP contribution in [0.3, 0.4) is 0 Å². The SMILES string of the molecule is Cl.O=C(NCCc1csc(N2CCCC2)n1)C1CNC1. The van der Waals surface area contributed by atoms with Gasteiger partial charge in [0.2, 0.25) is 5.91 Å². The van der Waals surface area contributed by atoms with Crippen LogP contribution in [0.1, 0.15) is 18.5 Å². The molecular weight excluding hydrogens is 296 g/mol. The fraction of sp³-hybridized carbons (Fsp3) is 0.692. The van der Waals surface area contributed by atoms with Gasteiger partial charge in [0, 0.05) is 44.5 Å². The van der Waals surface area contributed by atoms with Crippen molar-refractivity contribution in [1.82, 2.24) is 15.6 Å². The monoisotopic (exact) mass is 316 g/mol. The first-order valence-electron chi connectivity index (χ1n) is 7.01. The summed E-state index contributed by atoms with van der Waals surface area (Å²) in [6.45, 7) is 4.61. The second-order valence-corrected chi connectivity index (χ2v) is 6.05. The quantitative estimate of drug-likeness (QED) is 0.852. The van der Waals surface area contributed by atoms with Gasteiger partial charge in [-0.15, -0.1) is 23.7 Å². The molecule has 0 bridgehead atoms. The smallest absolute Gasteiger partial charge is 0.225 e. The van der Waals surface area contributed by atoms with Crippen LogP contribution >= 0.6 is 23.7 Å². The molecule has 0 aromatic carbocycles. The van der Waals surface area contributed by atoms with Gasteiger partial charge in [-0.25, -0.2) is 4.98 Å². The van der Waals surface area contributed by atoms with Crippen molar-refractivity contribution < 1.29 is 4.79 Å². The first-order valence-corrected chi connectivity index (χ1v) is 7.88. The van der Waals surface area contributed by atoms with Crippen LogP contribution in [0.25, 0.3) is 0 Å². The molecule has 0 radical (unpaired) electrons. The first-order chi connectivity index (χ1) is 9.33. The van der Waals surface area contributed by atoms with Gasteiger partial charge in [-0.3, -0.25) is 4.79 Å². The molecule has 20 heavy (non-hydrogen) atoms. The number of carbonyl (C=O) groups is 1. The van der Waals surface area contributed by atoms with E-state index < -0.39 is 0 Å². The largest absolute Gasteiger partial charge is 0.355 e. The number of anilines is 1. The maximum Gasteiger partial charge on any atom is 0.225 e. The van der Waals surface area contributed by atoms with Gasteiger partial charge in [-0.2, -0.15) is 0 Å². The number of nitrogens with zero attached hydrogens (tertiary/aromatic N) is 2. The number of hydrogen-bond donors (Lipinski definition) is 2. The van der Waals surface area contributed by atoms with Gasteiger partial charge in [-0.05, 0) is 12.8 Å². The Morgan fingerprint density at radius 1 is 1.45 bits per heavy atom. The summed E-state index contributed by atoms with van der Waals surface area (Å²) < 4.78 is 0. The second-order valence-electron chi connectivity index (χ2n) is 5.21. The highest BCUT2D eigenvalue weighted by Crippen LogP contribution is 2.24. The third-order valence-corrected chi connectivity index (χ3v) is 4.70. The molecule has 2 N–H and O–H groups in total. The van der Waals surface area contributed by atoms with Crippen molar-refractivity contribution in [3.05, 3.63) is 11.1 Å². The summed E-state index contributed by atoms with van der Waals surface area (Å²) in [6, 6.07) is 0. The van der Waals surface area contributed by atoms with Gasteiger partial charge < -0.3 is 15.5 Å². The van der Waals surface area contributed by atoms with Gasteiger partial charge in [0.1, 0.15) is 0 Å². The van der Waals surface area contributed by atoms with E-state index in [-0.39, 0.29) is 24.2 Å². The maximum atomic E-state index is 11.7. The number of amides is 1. The average molecular weight is 317 g/mol. The van der Waals surface area contributed by atoms with Crippen molar-refractivity contribution in [1.29, 1.82) is 0 Å². The van der Waals surface area contributed by atoms with Gasteiger partial charge in [0.25, 0.3) is 0 Å². The van der Waals surface area contributed by atoms with E-state index in [9.17, 15) is 4.79 Å². The van der Waals surface area contributed by atoms with Crippen LogP contribution in [0.5, 0.6) is 0 Å². The Hall–Kier alpha value is -0.850. The standard InChI is InChI=1S/C13H20N4OS.ClH/c18-12(10-7-14-8-10)15-4-3-11-9-19-13(16-11)17-5-1-2-6-17;/h9-10,14H,1-8H2,(H,15,18);1H. The molecule has 112 valence electrons. The highest BCUT2D eigenvalue weighted by atomic mass is 35.5. The fourth-order valence-corrected chi connectivity index (χ4v) is 3.31. The summed E-state index contributed by atoms with van der Waals surface area (Å²) in [5.74, 6) is 0.351. The Balaban J connectivity index is 0.00000147. The molecule has 0 unspecified atom stereocenters. The molecule has 0 spiro atoms. The Morgan fingerprint density at radius 3 is 2.85 bits per heavy atom. The molecule has 2 aliphatic rings. The number of hydrogen-bond acceptors (Lipinski definition) is 5. The minimum absolute atomic E-state index is 0. The van der Waals surface area contributed by atoms with Crippen LogP contribution in [0, 0.1) is 5.92 Å². The van der Waals surface area contributed by atoms with Crippen molar-refractivity contribution in [2.45, 2.75) is 19.3 Å². The summed E-state index contributed by atoms with van der Waals surface area (Å²) in [5, 5.41) is 9.35. The zero-order valence-corrected chi connectivity index (χ0v) is 13.1. The lowest BCUT2D eigenvalue weighted by atomic mass is 10.0. The summed E-state index contributed by atoms with van der Waals surface area (Å²) in [5.41, 5.74) is 1.10. The molecule has 0 saturated carbocycles. The highest BCUT2D eigenvalue weighted by molar-refractivity contribution is 7.13. The number of nitrogens with one attached hydrogen (secondary N) is 2. The Bertz CT molecular complexity index is 443. The van der Waals surface area contributed by atoms with Crippen LogP contribution in [0.4, 0.5) is 5.13 Å². The van der Waals surface area contributed by atoms with Crippen molar-refractivity contribution in [3.63, 3.8) is 0 Å². The third-order valence-electron chi connectivity index (χ3n) is 3.75. The zero-order chi connectivity index (χ0) is 13.1. The maximum absolute atomic E-state index is 11.7. The molecule has 2 fully saturated rings. The average Bonchev–Trinajstić information content (AvgIpc) is 2.96. The molecule has 1 amide bonds. The van der Waals surface area contributed by atoms with Crippen molar-refractivity contribution in [2.75, 3.05) is 37.6 Å². The van der Waals surface area contributed by atoms with E-state index in [1.165, 1.54) is 12.8 Å². The fourth-order valence-electron chi connectivity index (χ4n) is 2.40. The van der Waals surface area contributed by atoms with Crippen molar-refractivity contribution in [2.24, 2.45) is 5.92 Å². The predicted molar refractivity (Wildman–Crippen MR) is 83.9 cm³/mol. The molecule has 2 aliphatic heterocycles. The molecule has 1 aromatic heterocycles. The summed E-state index contributed by atoms with van der Waals surface area (Å²) in [4.78, 5) is 18.7. The van der Waals surface area contributed by atoms with Crippen molar-refractivity contribution in [3.8, 4) is 0 Å². The Morgan fingerprint density at radius 2 is 2.20 bits per heavy atom. The second kappa shape index (κ2) is 7.24. The van der Waals surface area contributed by atoms with E-state index in [4.69, 9.17) is 0 Å². The zero-order valence-electron chi connectivity index (χ0n) is 11.4. The van der Waals surface area contributed by atoms with Gasteiger partial charge >= 0.3 is 0 Å². The van der Waals surface area contributed by atoms with Crippen LogP contribution < -0.4 is 15.5 Å². The molecule has 0 atom stereocenters. The minimum Gasteiger partial charge on any atom is -0.355 e. The van der Waals surface area contributed by atoms with E-state index in [2.05, 4.69) is 25.9 Å². The normalized spacial score (nSPS) is 18.5. The number of aromatic nitrogens is 1. The Kier molecular flexibility index (Phi) is 5.63. The van der Waals surface area contributed by atoms with E-state index in [0.29, 0.717) is 6.54 Å². The van der Waals surface area contributed by atoms with Crippen molar-refractivity contribution >= 4 is 34.8 Å². The lowest BCUT2D eigenvalue weighted by molar-refractivity contribution is -0.126. The van der Waals surface area contributed by atoms with Crippen LogP contribution in [-0.4, -0.2) is 43.6 Å². The minimum atomic E-state index is 0. The molecular formula is C13H21ClN4OS. The lowest BCUT2D eigenvalue weighted by Crippen LogP contribution is -2.51. The molecule has 7 heteroatoms. The predicted octanol–water partition coefficient (Wildman–Crippen LogP) is 1.04. The van der Waals surface area contributed by atoms with Crippen LogP contribution in [0.15, 0.2) is 5.38 Å². The van der Waals surface area contributed by atoms with Crippen LogP contribution in [-0.2, 0) is 11.2 Å². The van der Waals surface area contributed by atoms with E-state index >= 15 is 0 Å². The topological polar surface area (TPSA) is 57.3 Å². The molecule has 1 aromatic rings. The molecule has 2 saturated heterocycles. The third kappa shape index (κ3) is 3.62. The van der Waals surface area contributed by atoms with E-state index in [1.54, 1.807) is 11.3 Å². The van der Waals surface area contributed by atoms with Gasteiger partial charge in [0.15, 0.2) is 5.13 Å².